The summed E-state index contributed by atoms with van der Waals surface area (Å²) in [6.45, 7) is 11.5. The van der Waals surface area contributed by atoms with Gasteiger partial charge in [-0.1, -0.05) is 108 Å². The zero-order valence-corrected chi connectivity index (χ0v) is 34.5. The topological polar surface area (TPSA) is 34.6 Å². The highest BCUT2D eigenvalue weighted by molar-refractivity contribution is 6.28. The van der Waals surface area contributed by atoms with E-state index < -0.39 is 23.3 Å². The highest BCUT2D eigenvalue weighted by Gasteiger charge is 2.28. The Morgan fingerprint density at radius 1 is 0.484 bits per heavy atom. The summed E-state index contributed by atoms with van der Waals surface area (Å²) < 4.78 is 64.1. The quantitative estimate of drug-likeness (QED) is 0.0868. The lowest BCUT2D eigenvalue weighted by Crippen LogP contribution is -2.15. The second kappa shape index (κ2) is 15.8. The summed E-state index contributed by atoms with van der Waals surface area (Å²) in [4.78, 5) is 7.12. The molecule has 0 N–H and O–H groups in total. The molecule has 8 heteroatoms. The number of rotatable bonds is 8. The molecule has 0 unspecified atom stereocenters. The van der Waals surface area contributed by atoms with E-state index in [0.29, 0.717) is 56.3 Å². The lowest BCUT2D eigenvalue weighted by atomic mass is 9.91. The van der Waals surface area contributed by atoms with Gasteiger partial charge in [-0.05, 0) is 107 Å². The fraction of sp³-hybridized carbons (Fsp3) is 0.0357. The molecule has 10 rings (SSSR count). The lowest BCUT2D eigenvalue weighted by Gasteiger charge is -2.31. The van der Waals surface area contributed by atoms with Crippen molar-refractivity contribution >= 4 is 72.1 Å². The van der Waals surface area contributed by atoms with Crippen LogP contribution in [0.5, 0.6) is 0 Å². The maximum absolute atomic E-state index is 16.8. The molecular weight excluding hydrogens is 805 g/mol. The molecular formula is C56H34F4N4. The first-order valence-corrected chi connectivity index (χ1v) is 20.5. The normalized spacial score (nSPS) is 11.2. The van der Waals surface area contributed by atoms with Gasteiger partial charge in [-0.2, -0.15) is 5.26 Å². The van der Waals surface area contributed by atoms with Crippen molar-refractivity contribution in [2.24, 2.45) is 0 Å². The average Bonchev–Trinajstić information content (AvgIpc) is 3.31. The first-order chi connectivity index (χ1) is 31.1. The van der Waals surface area contributed by atoms with E-state index in [0.717, 1.165) is 55.6 Å². The minimum atomic E-state index is -0.779. The van der Waals surface area contributed by atoms with Gasteiger partial charge < -0.3 is 9.80 Å². The van der Waals surface area contributed by atoms with Crippen molar-refractivity contribution in [3.8, 4) is 28.3 Å². The largest absolute Gasteiger partial charge is 0.307 e. The van der Waals surface area contributed by atoms with E-state index in [9.17, 15) is 5.26 Å². The number of hydrogen-bond donors (Lipinski definition) is 0. The van der Waals surface area contributed by atoms with Crippen LogP contribution in [0.15, 0.2) is 170 Å². The van der Waals surface area contributed by atoms with Crippen molar-refractivity contribution in [2.45, 2.75) is 13.8 Å². The summed E-state index contributed by atoms with van der Waals surface area (Å²) in [6.07, 6.45) is 0. The van der Waals surface area contributed by atoms with Gasteiger partial charge in [0.1, 0.15) is 11.6 Å². The Bertz CT molecular complexity index is 3280. The Balaban J connectivity index is 1.27. The van der Waals surface area contributed by atoms with Crippen LogP contribution in [-0.2, 0) is 0 Å². The molecule has 0 aliphatic heterocycles. The fourth-order valence-corrected chi connectivity index (χ4v) is 8.79. The molecule has 10 aromatic rings. The lowest BCUT2D eigenvalue weighted by molar-refractivity contribution is 0.584. The van der Waals surface area contributed by atoms with E-state index >= 15 is 17.6 Å². The maximum Gasteiger partial charge on any atom is 0.187 e. The van der Waals surface area contributed by atoms with Crippen LogP contribution in [0.2, 0.25) is 0 Å². The number of nitriles is 1. The molecule has 0 amide bonds. The molecule has 0 spiro atoms. The predicted molar refractivity (Wildman–Crippen MR) is 251 cm³/mol. The van der Waals surface area contributed by atoms with Crippen LogP contribution in [-0.4, -0.2) is 0 Å². The van der Waals surface area contributed by atoms with Gasteiger partial charge in [-0.15, -0.1) is 0 Å². The highest BCUT2D eigenvalue weighted by Crippen LogP contribution is 2.51. The van der Waals surface area contributed by atoms with Crippen molar-refractivity contribution in [1.82, 2.24) is 0 Å². The van der Waals surface area contributed by atoms with Crippen LogP contribution in [0.3, 0.4) is 0 Å². The Hall–Kier alpha value is -8.46. The SMILES string of the molecule is [C-]#[N+]c1ccc(N(c2c(F)cc(F)cc2-c2ccc(C)cc2)c2ccc3ccc4c(N(c5ccc(C#N)cc5)c5c(F)cc(F)cc5-c5ccc(C)cc5)ccc5ccc2c3c54)cc1. The molecule has 0 aliphatic rings. The Kier molecular flexibility index (Phi) is 9.78. The van der Waals surface area contributed by atoms with E-state index in [-0.39, 0.29) is 11.4 Å². The van der Waals surface area contributed by atoms with E-state index in [4.69, 9.17) is 6.57 Å². The average molecular weight is 839 g/mol. The Labute approximate surface area is 366 Å². The van der Waals surface area contributed by atoms with Crippen LogP contribution in [0.25, 0.3) is 59.4 Å². The number of nitrogens with zero attached hydrogens (tertiary/aromatic N) is 4. The number of aryl methyl sites for hydroxylation is 2. The molecule has 0 fully saturated rings. The molecule has 0 aliphatic carbocycles. The molecule has 0 heterocycles. The predicted octanol–water partition coefficient (Wildman–Crippen LogP) is 16.5. The molecule has 0 atom stereocenters. The van der Waals surface area contributed by atoms with E-state index in [2.05, 4.69) is 10.9 Å². The van der Waals surface area contributed by atoms with Gasteiger partial charge in [0.05, 0.1) is 41.0 Å². The Morgan fingerprint density at radius 3 is 1.30 bits per heavy atom. The molecule has 4 nitrogen and oxygen atoms in total. The van der Waals surface area contributed by atoms with E-state index in [1.165, 1.54) is 12.1 Å². The van der Waals surface area contributed by atoms with Crippen molar-refractivity contribution in [1.29, 1.82) is 5.26 Å². The Morgan fingerprint density at radius 2 is 0.891 bits per heavy atom. The first kappa shape index (κ1) is 39.7. The van der Waals surface area contributed by atoms with Crippen molar-refractivity contribution in [3.63, 3.8) is 0 Å². The van der Waals surface area contributed by atoms with Gasteiger partial charge in [0.2, 0.25) is 0 Å². The maximum atomic E-state index is 16.8. The zero-order chi connectivity index (χ0) is 44.2. The van der Waals surface area contributed by atoms with Gasteiger partial charge in [-0.3, -0.25) is 0 Å². The molecule has 306 valence electrons. The molecule has 0 bridgehead atoms. The van der Waals surface area contributed by atoms with Gasteiger partial charge in [0, 0.05) is 45.4 Å². The van der Waals surface area contributed by atoms with Gasteiger partial charge >= 0.3 is 0 Å². The second-order valence-corrected chi connectivity index (χ2v) is 15.8. The van der Waals surface area contributed by atoms with Crippen LogP contribution in [0.1, 0.15) is 16.7 Å². The number of anilines is 6. The van der Waals surface area contributed by atoms with E-state index in [1.807, 2.05) is 111 Å². The summed E-state index contributed by atoms with van der Waals surface area (Å²) >= 11 is 0. The first-order valence-electron chi connectivity index (χ1n) is 20.5. The van der Waals surface area contributed by atoms with Crippen LogP contribution in [0, 0.1) is 55.0 Å². The van der Waals surface area contributed by atoms with E-state index in [1.54, 1.807) is 58.3 Å². The molecule has 0 radical (unpaired) electrons. The second-order valence-electron chi connectivity index (χ2n) is 15.8. The van der Waals surface area contributed by atoms with Crippen molar-refractivity contribution in [2.75, 3.05) is 9.80 Å². The number of benzene rings is 10. The number of halogens is 4. The third-order valence-corrected chi connectivity index (χ3v) is 11.8. The standard InChI is InChI=1S/C56H34F4N4/c1-33-4-10-36(11-5-33)47-28-40(57)30-49(59)55(47)63(43-20-8-35(32-61)9-21-43)51-26-16-38-15-25-46-52(27-17-39-14-24-45(51)53(38)54(39)46)64(44-22-18-42(62-3)19-23-44)56-48(29-41(58)31-50(56)60)37-12-6-34(2)7-13-37/h4-31H,1-2H3. The molecule has 0 saturated heterocycles. The van der Waals surface area contributed by atoms with Crippen LogP contribution >= 0.6 is 0 Å². The van der Waals surface area contributed by atoms with Crippen LogP contribution < -0.4 is 9.80 Å². The van der Waals surface area contributed by atoms with Gasteiger partial charge in [-0.25, -0.2) is 22.4 Å². The summed E-state index contributed by atoms with van der Waals surface area (Å²) in [5, 5.41) is 14.7. The summed E-state index contributed by atoms with van der Waals surface area (Å²) in [5.74, 6) is -3.01. The smallest absolute Gasteiger partial charge is 0.187 e. The summed E-state index contributed by atoms with van der Waals surface area (Å²) in [6, 6.07) is 50.9. The monoisotopic (exact) mass is 838 g/mol. The summed E-state index contributed by atoms with van der Waals surface area (Å²) in [7, 11) is 0. The minimum Gasteiger partial charge on any atom is -0.307 e. The zero-order valence-electron chi connectivity index (χ0n) is 34.5. The summed E-state index contributed by atoms with van der Waals surface area (Å²) in [5.41, 5.74) is 7.22. The minimum absolute atomic E-state index is 0.120. The third-order valence-electron chi connectivity index (χ3n) is 11.8. The highest BCUT2D eigenvalue weighted by atomic mass is 19.1. The number of hydrogen-bond acceptors (Lipinski definition) is 3. The fourth-order valence-electron chi connectivity index (χ4n) is 8.79. The molecule has 64 heavy (non-hydrogen) atoms. The van der Waals surface area contributed by atoms with Gasteiger partial charge in [0.25, 0.3) is 0 Å². The van der Waals surface area contributed by atoms with Crippen molar-refractivity contribution < 1.29 is 17.6 Å². The molecule has 0 saturated carbocycles. The van der Waals surface area contributed by atoms with Crippen LogP contribution in [0.4, 0.5) is 57.4 Å². The molecule has 10 aromatic carbocycles. The van der Waals surface area contributed by atoms with Gasteiger partial charge in [0.15, 0.2) is 17.3 Å². The van der Waals surface area contributed by atoms with Crippen molar-refractivity contribution in [3.05, 3.63) is 221 Å². The molecule has 0 aromatic heterocycles. The third kappa shape index (κ3) is 6.79.